The van der Waals surface area contributed by atoms with Crippen molar-refractivity contribution in [2.45, 2.75) is 62.7 Å². The van der Waals surface area contributed by atoms with Gasteiger partial charge < -0.3 is 4.90 Å². The van der Waals surface area contributed by atoms with Crippen molar-refractivity contribution in [2.24, 2.45) is 0 Å². The van der Waals surface area contributed by atoms with Crippen molar-refractivity contribution in [1.82, 2.24) is 9.88 Å². The normalized spacial score (nSPS) is 33.5. The van der Waals surface area contributed by atoms with Crippen LogP contribution in [0, 0.1) is 11.3 Å². The number of pyridine rings is 1. The lowest BCUT2D eigenvalue weighted by molar-refractivity contribution is -0.123. The first-order valence-electron chi connectivity index (χ1n) is 9.08. The zero-order valence-corrected chi connectivity index (χ0v) is 16.6. The van der Waals surface area contributed by atoms with E-state index in [-0.39, 0.29) is 11.9 Å². The number of fused-ring (bicyclic) bond motifs is 1. The molecular formula is C19H22BrFN4O. The Balaban J connectivity index is 1.60. The van der Waals surface area contributed by atoms with E-state index in [0.29, 0.717) is 25.8 Å². The first-order chi connectivity index (χ1) is 12.3. The number of carbonyl (C=O) groups excluding carboxylic acids is 1. The number of alkyl halides is 1. The highest BCUT2D eigenvalue weighted by Gasteiger charge is 2.57. The molecule has 2 fully saturated rings. The third kappa shape index (κ3) is 2.49. The molecule has 0 radical (unpaired) electrons. The highest BCUT2D eigenvalue weighted by atomic mass is 79.9. The molecule has 1 aliphatic carbocycles. The second kappa shape index (κ2) is 6.00. The van der Waals surface area contributed by atoms with Crippen molar-refractivity contribution in [1.29, 1.82) is 5.26 Å². The molecule has 138 valence electrons. The van der Waals surface area contributed by atoms with Gasteiger partial charge in [-0.05, 0) is 55.2 Å². The van der Waals surface area contributed by atoms with Gasteiger partial charge in [0.15, 0.2) is 0 Å². The third-order valence-electron chi connectivity index (χ3n) is 6.13. The lowest BCUT2D eigenvalue weighted by Gasteiger charge is -2.53. The number of halogens is 2. The SMILES string of the molecule is CC1(C)C(=O)N(C2CC(C#N)(N3CCC[C@@H](F)C3)C2)c2cc(Br)cnc21. The summed E-state index contributed by atoms with van der Waals surface area (Å²) in [6.07, 6.45) is 3.33. The smallest absolute Gasteiger partial charge is 0.239 e. The maximum Gasteiger partial charge on any atom is 0.239 e. The molecule has 3 heterocycles. The van der Waals surface area contributed by atoms with Crippen LogP contribution in [0.3, 0.4) is 0 Å². The highest BCUT2D eigenvalue weighted by molar-refractivity contribution is 9.10. The standard InChI is InChI=1S/C19H22BrFN4O/c1-18(2)16-15(6-12(20)9-23-16)25(17(18)26)14-7-19(8-14,11-22)24-5-3-4-13(21)10-24/h6,9,13-14H,3-5,7-8,10H2,1-2H3/t13-,14?,19?/m1/s1. The topological polar surface area (TPSA) is 60.2 Å². The lowest BCUT2D eigenvalue weighted by atomic mass is 9.70. The van der Waals surface area contributed by atoms with Crippen LogP contribution in [-0.2, 0) is 10.2 Å². The number of rotatable bonds is 2. The van der Waals surface area contributed by atoms with Crippen LogP contribution in [0.1, 0.15) is 45.2 Å². The van der Waals surface area contributed by atoms with E-state index in [1.807, 2.05) is 29.7 Å². The number of hydrogen-bond donors (Lipinski definition) is 0. The Kier molecular flexibility index (Phi) is 4.12. The first kappa shape index (κ1) is 17.9. The van der Waals surface area contributed by atoms with Gasteiger partial charge in [0.2, 0.25) is 5.91 Å². The third-order valence-corrected chi connectivity index (χ3v) is 6.56. The van der Waals surface area contributed by atoms with Gasteiger partial charge in [-0.1, -0.05) is 0 Å². The van der Waals surface area contributed by atoms with Gasteiger partial charge in [0, 0.05) is 36.1 Å². The zero-order chi connectivity index (χ0) is 18.7. The van der Waals surface area contributed by atoms with Crippen LogP contribution in [-0.4, -0.2) is 46.6 Å². The number of anilines is 1. The summed E-state index contributed by atoms with van der Waals surface area (Å²) in [6.45, 7) is 4.86. The van der Waals surface area contributed by atoms with E-state index in [0.717, 1.165) is 28.8 Å². The number of hydrogen-bond acceptors (Lipinski definition) is 4. The summed E-state index contributed by atoms with van der Waals surface area (Å²) in [5, 5.41) is 9.81. The predicted octanol–water partition coefficient (Wildman–Crippen LogP) is 3.33. The molecule has 4 rings (SSSR count). The molecule has 5 nitrogen and oxygen atoms in total. The molecule has 2 aliphatic heterocycles. The molecule has 0 spiro atoms. The summed E-state index contributed by atoms with van der Waals surface area (Å²) in [6, 6.07) is 4.31. The minimum atomic E-state index is -0.860. The minimum absolute atomic E-state index is 0.0247. The number of nitrogens with zero attached hydrogens (tertiary/aromatic N) is 4. The first-order valence-corrected chi connectivity index (χ1v) is 9.88. The van der Waals surface area contributed by atoms with Gasteiger partial charge >= 0.3 is 0 Å². The summed E-state index contributed by atoms with van der Waals surface area (Å²) in [5.41, 5.74) is 0.285. The van der Waals surface area contributed by atoms with E-state index in [2.05, 4.69) is 27.0 Å². The van der Waals surface area contributed by atoms with Crippen LogP contribution in [0.4, 0.5) is 10.1 Å². The molecule has 1 aromatic heterocycles. The molecule has 0 unspecified atom stereocenters. The summed E-state index contributed by atoms with van der Waals surface area (Å²) < 4.78 is 14.7. The van der Waals surface area contributed by atoms with Crippen molar-refractivity contribution in [3.63, 3.8) is 0 Å². The van der Waals surface area contributed by atoms with E-state index in [9.17, 15) is 14.4 Å². The molecule has 1 aromatic rings. The number of aromatic nitrogens is 1. The van der Waals surface area contributed by atoms with Gasteiger partial charge in [-0.25, -0.2) is 4.39 Å². The van der Waals surface area contributed by atoms with Crippen molar-refractivity contribution in [2.75, 3.05) is 18.0 Å². The summed E-state index contributed by atoms with van der Waals surface area (Å²) in [4.78, 5) is 21.4. The van der Waals surface area contributed by atoms with E-state index in [4.69, 9.17) is 0 Å². The van der Waals surface area contributed by atoms with Crippen LogP contribution in [0.5, 0.6) is 0 Å². The largest absolute Gasteiger partial charge is 0.306 e. The molecule has 1 amide bonds. The van der Waals surface area contributed by atoms with Crippen LogP contribution in [0.2, 0.25) is 0 Å². The number of likely N-dealkylation sites (tertiary alicyclic amines) is 1. The predicted molar refractivity (Wildman–Crippen MR) is 99.5 cm³/mol. The molecule has 0 aromatic carbocycles. The Bertz CT molecular complexity index is 799. The minimum Gasteiger partial charge on any atom is -0.306 e. The molecule has 0 bridgehead atoms. The van der Waals surface area contributed by atoms with Crippen LogP contribution in [0.25, 0.3) is 0 Å². The highest BCUT2D eigenvalue weighted by Crippen LogP contribution is 2.49. The van der Waals surface area contributed by atoms with E-state index in [1.54, 1.807) is 6.20 Å². The number of nitriles is 1. The molecule has 7 heteroatoms. The van der Waals surface area contributed by atoms with Crippen molar-refractivity contribution in [3.8, 4) is 6.07 Å². The molecular weight excluding hydrogens is 399 g/mol. The maximum absolute atomic E-state index is 13.8. The van der Waals surface area contributed by atoms with Crippen molar-refractivity contribution < 1.29 is 9.18 Å². The number of carbonyl (C=O) groups is 1. The number of amides is 1. The fraction of sp³-hybridized carbons (Fsp3) is 0.632. The molecule has 0 N–H and O–H groups in total. The molecule has 26 heavy (non-hydrogen) atoms. The van der Waals surface area contributed by atoms with Crippen molar-refractivity contribution >= 4 is 27.5 Å². The van der Waals surface area contributed by atoms with E-state index in [1.165, 1.54) is 0 Å². The summed E-state index contributed by atoms with van der Waals surface area (Å²) in [5.74, 6) is 0.0247. The molecule has 1 saturated carbocycles. The Morgan fingerprint density at radius 2 is 2.15 bits per heavy atom. The average molecular weight is 421 g/mol. The zero-order valence-electron chi connectivity index (χ0n) is 15.0. The van der Waals surface area contributed by atoms with E-state index >= 15 is 0 Å². The van der Waals surface area contributed by atoms with Gasteiger partial charge in [-0.15, -0.1) is 0 Å². The van der Waals surface area contributed by atoms with Gasteiger partial charge in [-0.3, -0.25) is 14.7 Å². The quantitative estimate of drug-likeness (QED) is 0.735. The van der Waals surface area contributed by atoms with Gasteiger partial charge in [0.25, 0.3) is 0 Å². The fourth-order valence-electron chi connectivity index (χ4n) is 4.60. The van der Waals surface area contributed by atoms with Crippen LogP contribution >= 0.6 is 15.9 Å². The monoisotopic (exact) mass is 420 g/mol. The maximum atomic E-state index is 13.8. The Hall–Kier alpha value is -1.52. The molecule has 1 saturated heterocycles. The van der Waals surface area contributed by atoms with E-state index < -0.39 is 17.1 Å². The Labute approximate surface area is 161 Å². The summed E-state index contributed by atoms with van der Waals surface area (Å²) >= 11 is 3.44. The molecule has 3 aliphatic rings. The molecule has 1 atom stereocenters. The van der Waals surface area contributed by atoms with Gasteiger partial charge in [0.05, 0.1) is 22.9 Å². The van der Waals surface area contributed by atoms with Crippen LogP contribution in [0.15, 0.2) is 16.7 Å². The van der Waals surface area contributed by atoms with Gasteiger partial charge in [0.1, 0.15) is 11.7 Å². The lowest BCUT2D eigenvalue weighted by Crippen LogP contribution is -2.65. The van der Waals surface area contributed by atoms with Crippen molar-refractivity contribution in [3.05, 3.63) is 22.4 Å². The van der Waals surface area contributed by atoms with Gasteiger partial charge in [-0.2, -0.15) is 5.26 Å². The van der Waals surface area contributed by atoms with Crippen LogP contribution < -0.4 is 4.90 Å². The summed E-state index contributed by atoms with van der Waals surface area (Å²) in [7, 11) is 0. The Morgan fingerprint density at radius 1 is 1.42 bits per heavy atom. The fourth-order valence-corrected chi connectivity index (χ4v) is 4.92. The number of piperidine rings is 1. The second-order valence-corrected chi connectivity index (χ2v) is 9.13. The Morgan fingerprint density at radius 3 is 2.81 bits per heavy atom. The second-order valence-electron chi connectivity index (χ2n) is 8.21. The average Bonchev–Trinajstić information content (AvgIpc) is 2.75.